The minimum Gasteiger partial charge on any atom is -0.469 e. The van der Waals surface area contributed by atoms with E-state index >= 15 is 0 Å². The Labute approximate surface area is 169 Å². The molecule has 0 aromatic heterocycles. The molecule has 1 aliphatic heterocycles. The predicted molar refractivity (Wildman–Crippen MR) is 107 cm³/mol. The first-order valence-corrected chi connectivity index (χ1v) is 10.6. The first-order chi connectivity index (χ1) is 13.0. The Morgan fingerprint density at radius 2 is 1.89 bits per heavy atom. The van der Waals surface area contributed by atoms with Crippen LogP contribution in [0.2, 0.25) is 0 Å². The number of methoxy groups -OCH3 is 1. The average molecular weight is 393 g/mol. The van der Waals surface area contributed by atoms with Gasteiger partial charge in [0.1, 0.15) is 0 Å². The van der Waals surface area contributed by atoms with Crippen LogP contribution in [0.4, 0.5) is 0 Å². The smallest absolute Gasteiger partial charge is 0.308 e. The van der Waals surface area contributed by atoms with Gasteiger partial charge in [-0.25, -0.2) is 0 Å². The number of hydrogen-bond acceptors (Lipinski definition) is 5. The van der Waals surface area contributed by atoms with E-state index in [1.54, 1.807) is 0 Å². The fourth-order valence-electron chi connectivity index (χ4n) is 6.50. The fraction of sp³-hybridized carbons (Fsp3) is 0.826. The van der Waals surface area contributed by atoms with Gasteiger partial charge >= 0.3 is 11.9 Å². The molecule has 3 rings (SSSR count). The van der Waals surface area contributed by atoms with Gasteiger partial charge in [0.15, 0.2) is 0 Å². The van der Waals surface area contributed by atoms with Gasteiger partial charge in [0, 0.05) is 17.8 Å². The van der Waals surface area contributed by atoms with Crippen LogP contribution >= 0.6 is 0 Å². The summed E-state index contributed by atoms with van der Waals surface area (Å²) in [6, 6.07) is 0. The lowest BCUT2D eigenvalue weighted by molar-refractivity contribution is -0.201. The molecule has 1 spiro atoms. The quantitative estimate of drug-likeness (QED) is 0.517. The number of fused-ring (bicyclic) bond motifs is 2. The Bertz CT molecular complexity index is 684. The third kappa shape index (κ3) is 3.30. The van der Waals surface area contributed by atoms with Crippen LogP contribution in [-0.4, -0.2) is 36.9 Å². The van der Waals surface area contributed by atoms with E-state index in [0.717, 1.165) is 38.5 Å². The molecule has 2 aliphatic carbocycles. The first kappa shape index (κ1) is 21.4. The Morgan fingerprint density at radius 3 is 2.54 bits per heavy atom. The molecule has 5 heteroatoms. The number of carbonyl (C=O) groups excluding carboxylic acids is 2. The van der Waals surface area contributed by atoms with Crippen LogP contribution in [-0.2, 0) is 23.8 Å². The van der Waals surface area contributed by atoms with Crippen molar-refractivity contribution in [1.82, 2.24) is 0 Å². The number of allylic oxidation sites excluding steroid dienone is 1. The van der Waals surface area contributed by atoms with Crippen molar-refractivity contribution >= 4 is 11.9 Å². The van der Waals surface area contributed by atoms with Gasteiger partial charge in [0.05, 0.1) is 31.3 Å². The molecule has 0 radical (unpaired) electrons. The van der Waals surface area contributed by atoms with Gasteiger partial charge in [-0.1, -0.05) is 26.3 Å². The molecule has 0 aromatic carbocycles. The lowest BCUT2D eigenvalue weighted by Crippen LogP contribution is -2.60. The zero-order valence-corrected chi connectivity index (χ0v) is 18.4. The topological polar surface area (TPSA) is 61.8 Å². The van der Waals surface area contributed by atoms with Crippen molar-refractivity contribution in [3.63, 3.8) is 0 Å². The summed E-state index contributed by atoms with van der Waals surface area (Å²) in [7, 11) is 1.43. The summed E-state index contributed by atoms with van der Waals surface area (Å²) in [6.07, 6.45) is 8.60. The number of esters is 2. The molecule has 0 amide bonds. The largest absolute Gasteiger partial charge is 0.469 e. The summed E-state index contributed by atoms with van der Waals surface area (Å²) in [5.74, 6) is -0.0622. The van der Waals surface area contributed by atoms with Crippen LogP contribution in [0, 0.1) is 16.7 Å². The second kappa shape index (κ2) is 7.16. The maximum atomic E-state index is 12.0. The van der Waals surface area contributed by atoms with Crippen LogP contribution in [0.3, 0.4) is 0 Å². The SMILES string of the molecule is COC(=O)C[C@@]1(C)CC[C@]2(O1)C(C)=CC[C@@H]1[C@@](C)(COC(C)=O)CCC[C@]12C. The van der Waals surface area contributed by atoms with Crippen molar-refractivity contribution in [2.24, 2.45) is 16.7 Å². The van der Waals surface area contributed by atoms with Gasteiger partial charge in [0.25, 0.3) is 0 Å². The Hall–Kier alpha value is -1.36. The highest BCUT2D eigenvalue weighted by Crippen LogP contribution is 2.66. The highest BCUT2D eigenvalue weighted by molar-refractivity contribution is 5.70. The zero-order chi connectivity index (χ0) is 20.8. The Morgan fingerprint density at radius 1 is 1.18 bits per heavy atom. The predicted octanol–water partition coefficient (Wildman–Crippen LogP) is 4.58. The minimum absolute atomic E-state index is 0.0487. The molecule has 0 bridgehead atoms. The maximum Gasteiger partial charge on any atom is 0.308 e. The average Bonchev–Trinajstić information content (AvgIpc) is 2.97. The van der Waals surface area contributed by atoms with Crippen molar-refractivity contribution in [2.75, 3.05) is 13.7 Å². The van der Waals surface area contributed by atoms with E-state index in [0.29, 0.717) is 12.5 Å². The van der Waals surface area contributed by atoms with Gasteiger partial charge in [-0.2, -0.15) is 0 Å². The van der Waals surface area contributed by atoms with Crippen LogP contribution in [0.1, 0.15) is 79.6 Å². The van der Waals surface area contributed by atoms with Crippen molar-refractivity contribution in [2.45, 2.75) is 90.8 Å². The van der Waals surface area contributed by atoms with Crippen LogP contribution in [0.15, 0.2) is 11.6 Å². The van der Waals surface area contributed by atoms with Crippen molar-refractivity contribution < 1.29 is 23.8 Å². The van der Waals surface area contributed by atoms with Crippen molar-refractivity contribution in [1.29, 1.82) is 0 Å². The molecule has 1 heterocycles. The third-order valence-corrected chi connectivity index (χ3v) is 8.05. The van der Waals surface area contributed by atoms with E-state index in [9.17, 15) is 9.59 Å². The van der Waals surface area contributed by atoms with Crippen LogP contribution < -0.4 is 0 Å². The molecule has 0 N–H and O–H groups in total. The molecular weight excluding hydrogens is 356 g/mol. The standard InChI is InChI=1S/C23H36O5/c1-16-8-9-18-20(3,15-27-17(2)24)10-7-11-22(18,5)23(16)13-12-21(4,28-23)14-19(25)26-6/h8,18H,7,9-15H2,1-6H3/t18-,20-,21-,22-,23+/m1/s1. The Balaban J connectivity index is 1.95. The number of carbonyl (C=O) groups is 2. The van der Waals surface area contributed by atoms with E-state index in [1.165, 1.54) is 19.6 Å². The molecular formula is C23H36O5. The van der Waals surface area contributed by atoms with Gasteiger partial charge in [-0.15, -0.1) is 0 Å². The van der Waals surface area contributed by atoms with Gasteiger partial charge in [-0.05, 0) is 57.4 Å². The van der Waals surface area contributed by atoms with E-state index in [-0.39, 0.29) is 34.8 Å². The van der Waals surface area contributed by atoms with Crippen LogP contribution in [0.25, 0.3) is 0 Å². The van der Waals surface area contributed by atoms with E-state index in [1.807, 2.05) is 6.92 Å². The van der Waals surface area contributed by atoms with E-state index in [4.69, 9.17) is 14.2 Å². The molecule has 0 unspecified atom stereocenters. The van der Waals surface area contributed by atoms with Crippen LogP contribution in [0.5, 0.6) is 0 Å². The zero-order valence-electron chi connectivity index (χ0n) is 18.4. The van der Waals surface area contributed by atoms with E-state index < -0.39 is 5.60 Å². The summed E-state index contributed by atoms with van der Waals surface area (Å²) in [5.41, 5.74) is 0.310. The number of hydrogen-bond donors (Lipinski definition) is 0. The van der Waals surface area contributed by atoms with Gasteiger partial charge in [-0.3, -0.25) is 9.59 Å². The minimum atomic E-state index is -0.503. The maximum absolute atomic E-state index is 12.0. The molecule has 158 valence electrons. The summed E-state index contributed by atoms with van der Waals surface area (Å²) in [6.45, 7) is 10.8. The molecule has 5 atom stereocenters. The highest BCUT2D eigenvalue weighted by Gasteiger charge is 2.65. The lowest BCUT2D eigenvalue weighted by Gasteiger charge is -2.61. The molecule has 1 saturated heterocycles. The molecule has 5 nitrogen and oxygen atoms in total. The summed E-state index contributed by atoms with van der Waals surface area (Å²) in [4.78, 5) is 23.5. The molecule has 2 fully saturated rings. The normalized spacial score (nSPS) is 42.6. The monoisotopic (exact) mass is 392 g/mol. The molecule has 28 heavy (non-hydrogen) atoms. The highest BCUT2D eigenvalue weighted by atomic mass is 16.5. The molecule has 1 saturated carbocycles. The summed E-state index contributed by atoms with van der Waals surface area (Å²) >= 11 is 0. The second-order valence-corrected chi connectivity index (χ2v) is 10.0. The first-order valence-electron chi connectivity index (χ1n) is 10.6. The lowest BCUT2D eigenvalue weighted by atomic mass is 9.46. The van der Waals surface area contributed by atoms with Crippen molar-refractivity contribution in [3.8, 4) is 0 Å². The summed E-state index contributed by atoms with van der Waals surface area (Å²) in [5, 5.41) is 0. The molecule has 3 aliphatic rings. The third-order valence-electron chi connectivity index (χ3n) is 8.05. The Kier molecular flexibility index (Phi) is 5.46. The number of rotatable bonds is 4. The van der Waals surface area contributed by atoms with E-state index in [2.05, 4.69) is 26.8 Å². The van der Waals surface area contributed by atoms with Gasteiger partial charge in [0.2, 0.25) is 0 Å². The molecule has 0 aromatic rings. The van der Waals surface area contributed by atoms with Gasteiger partial charge < -0.3 is 14.2 Å². The number of ether oxygens (including phenoxy) is 3. The fourth-order valence-corrected chi connectivity index (χ4v) is 6.50. The second-order valence-electron chi connectivity index (χ2n) is 10.0. The van der Waals surface area contributed by atoms with Crippen molar-refractivity contribution in [3.05, 3.63) is 11.6 Å². The summed E-state index contributed by atoms with van der Waals surface area (Å²) < 4.78 is 17.3.